The fourth-order valence-electron chi connectivity index (χ4n) is 3.58. The van der Waals surface area contributed by atoms with Crippen LogP contribution in [0.2, 0.25) is 0 Å². The number of hydrogen-bond acceptors (Lipinski definition) is 3. The van der Waals surface area contributed by atoms with Gasteiger partial charge in [0.15, 0.2) is 0 Å². The Labute approximate surface area is 148 Å². The predicted molar refractivity (Wildman–Crippen MR) is 98.0 cm³/mol. The molecular weight excluding hydrogens is 339 g/mol. The van der Waals surface area contributed by atoms with Crippen LogP contribution in [0.4, 0.5) is 10.1 Å². The zero-order valence-electron chi connectivity index (χ0n) is 14.8. The number of nitrogens with zero attached hydrogens (tertiary/aromatic N) is 2. The summed E-state index contributed by atoms with van der Waals surface area (Å²) in [7, 11) is -3.57. The van der Waals surface area contributed by atoms with E-state index in [1.54, 1.807) is 0 Å². The first-order valence-corrected chi connectivity index (χ1v) is 9.81. The zero-order chi connectivity index (χ0) is 18.2. The van der Waals surface area contributed by atoms with E-state index in [4.69, 9.17) is 0 Å². The van der Waals surface area contributed by atoms with Crippen LogP contribution in [0, 0.1) is 26.6 Å². The van der Waals surface area contributed by atoms with Crippen molar-refractivity contribution in [3.05, 3.63) is 58.9 Å². The highest BCUT2D eigenvalue weighted by Gasteiger charge is 2.29. The van der Waals surface area contributed by atoms with Crippen molar-refractivity contribution in [2.45, 2.75) is 25.7 Å². The SMILES string of the molecule is Cc1cc(C)c(N2CCN(S(=O)(=O)c3ccc(F)cc3)CC2)c(C)c1. The molecule has 0 atom stereocenters. The third kappa shape index (κ3) is 3.55. The van der Waals surface area contributed by atoms with Crippen molar-refractivity contribution in [3.63, 3.8) is 0 Å². The van der Waals surface area contributed by atoms with Gasteiger partial charge in [0.25, 0.3) is 0 Å². The summed E-state index contributed by atoms with van der Waals surface area (Å²) in [5, 5.41) is 0. The van der Waals surface area contributed by atoms with Gasteiger partial charge in [-0.25, -0.2) is 12.8 Å². The highest BCUT2D eigenvalue weighted by atomic mass is 32.2. The fraction of sp³-hybridized carbons (Fsp3) is 0.368. The lowest BCUT2D eigenvalue weighted by molar-refractivity contribution is 0.384. The molecule has 2 aromatic carbocycles. The second-order valence-corrected chi connectivity index (χ2v) is 8.53. The van der Waals surface area contributed by atoms with Crippen LogP contribution in [0.15, 0.2) is 41.3 Å². The number of benzene rings is 2. The molecule has 134 valence electrons. The van der Waals surface area contributed by atoms with E-state index in [1.165, 1.54) is 50.9 Å². The maximum atomic E-state index is 13.0. The standard InChI is InChI=1S/C19H23FN2O2S/c1-14-12-15(2)19(16(3)13-14)21-8-10-22(11-9-21)25(23,24)18-6-4-17(20)5-7-18/h4-7,12-13H,8-11H2,1-3H3. The quantitative estimate of drug-likeness (QED) is 0.841. The molecule has 3 rings (SSSR count). The highest BCUT2D eigenvalue weighted by Crippen LogP contribution is 2.28. The number of piperazine rings is 1. The van der Waals surface area contributed by atoms with E-state index in [1.807, 2.05) is 0 Å². The minimum Gasteiger partial charge on any atom is -0.368 e. The van der Waals surface area contributed by atoms with Crippen molar-refractivity contribution in [1.29, 1.82) is 0 Å². The molecule has 0 aliphatic carbocycles. The van der Waals surface area contributed by atoms with Crippen LogP contribution in [-0.4, -0.2) is 38.9 Å². The molecule has 0 unspecified atom stereocenters. The molecule has 4 nitrogen and oxygen atoms in total. The van der Waals surface area contributed by atoms with Gasteiger partial charge in [0, 0.05) is 31.9 Å². The lowest BCUT2D eigenvalue weighted by atomic mass is 10.0. The second-order valence-electron chi connectivity index (χ2n) is 6.59. The molecule has 1 saturated heterocycles. The summed E-state index contributed by atoms with van der Waals surface area (Å²) in [6, 6.07) is 9.33. The van der Waals surface area contributed by atoms with Crippen LogP contribution in [0.5, 0.6) is 0 Å². The third-order valence-corrected chi connectivity index (χ3v) is 6.55. The van der Waals surface area contributed by atoms with E-state index in [0.717, 1.165) is 0 Å². The molecule has 0 amide bonds. The molecular formula is C19H23FN2O2S. The lowest BCUT2D eigenvalue weighted by Crippen LogP contribution is -2.49. The number of aryl methyl sites for hydroxylation is 3. The van der Waals surface area contributed by atoms with Crippen molar-refractivity contribution in [2.75, 3.05) is 31.1 Å². The van der Waals surface area contributed by atoms with Gasteiger partial charge in [-0.05, 0) is 56.2 Å². The lowest BCUT2D eigenvalue weighted by Gasteiger charge is -2.37. The molecule has 0 aromatic heterocycles. The second kappa shape index (κ2) is 6.77. The largest absolute Gasteiger partial charge is 0.368 e. The van der Waals surface area contributed by atoms with E-state index in [-0.39, 0.29) is 4.90 Å². The Balaban J connectivity index is 1.77. The van der Waals surface area contributed by atoms with Gasteiger partial charge in [-0.2, -0.15) is 4.31 Å². The number of anilines is 1. The van der Waals surface area contributed by atoms with Gasteiger partial charge in [-0.3, -0.25) is 0 Å². The van der Waals surface area contributed by atoms with E-state index >= 15 is 0 Å². The average molecular weight is 362 g/mol. The minimum absolute atomic E-state index is 0.144. The Morgan fingerprint density at radius 2 is 1.40 bits per heavy atom. The molecule has 0 radical (unpaired) electrons. The Morgan fingerprint density at radius 3 is 1.92 bits per heavy atom. The van der Waals surface area contributed by atoms with Crippen LogP contribution >= 0.6 is 0 Å². The van der Waals surface area contributed by atoms with Gasteiger partial charge < -0.3 is 4.90 Å². The van der Waals surface area contributed by atoms with Crippen molar-refractivity contribution < 1.29 is 12.8 Å². The average Bonchev–Trinajstić information content (AvgIpc) is 2.55. The van der Waals surface area contributed by atoms with Gasteiger partial charge in [0.2, 0.25) is 10.0 Å². The van der Waals surface area contributed by atoms with Gasteiger partial charge in [0.1, 0.15) is 5.82 Å². The molecule has 1 aliphatic rings. The molecule has 0 bridgehead atoms. The summed E-state index contributed by atoms with van der Waals surface area (Å²) in [4.78, 5) is 2.39. The van der Waals surface area contributed by atoms with Crippen molar-refractivity contribution >= 4 is 15.7 Å². The van der Waals surface area contributed by atoms with Crippen LogP contribution in [-0.2, 0) is 10.0 Å². The molecule has 1 aliphatic heterocycles. The number of rotatable bonds is 3. The third-order valence-electron chi connectivity index (χ3n) is 4.64. The van der Waals surface area contributed by atoms with Gasteiger partial charge in [-0.1, -0.05) is 17.7 Å². The number of halogens is 1. The molecule has 0 spiro atoms. The topological polar surface area (TPSA) is 40.6 Å². The van der Waals surface area contributed by atoms with Crippen molar-refractivity contribution in [3.8, 4) is 0 Å². The van der Waals surface area contributed by atoms with Crippen molar-refractivity contribution in [1.82, 2.24) is 4.31 Å². The van der Waals surface area contributed by atoms with Crippen LogP contribution in [0.3, 0.4) is 0 Å². The summed E-state index contributed by atoms with van der Waals surface area (Å²) in [5.74, 6) is -0.436. The molecule has 2 aromatic rings. The first-order valence-electron chi connectivity index (χ1n) is 8.37. The Morgan fingerprint density at radius 1 is 0.880 bits per heavy atom. The van der Waals surface area contributed by atoms with E-state index in [2.05, 4.69) is 37.8 Å². The molecule has 1 fully saturated rings. The maximum absolute atomic E-state index is 13.0. The first kappa shape index (κ1) is 17.9. The number of hydrogen-bond donors (Lipinski definition) is 0. The summed E-state index contributed by atoms with van der Waals surface area (Å²) in [5.41, 5.74) is 4.86. The zero-order valence-corrected chi connectivity index (χ0v) is 15.6. The van der Waals surface area contributed by atoms with Crippen molar-refractivity contribution in [2.24, 2.45) is 0 Å². The van der Waals surface area contributed by atoms with Crippen LogP contribution in [0.25, 0.3) is 0 Å². The Bertz CT molecular complexity index is 848. The molecule has 0 saturated carbocycles. The Hall–Kier alpha value is -1.92. The Kier molecular flexibility index (Phi) is 4.84. The maximum Gasteiger partial charge on any atom is 0.243 e. The number of sulfonamides is 1. The summed E-state index contributed by atoms with van der Waals surface area (Å²) >= 11 is 0. The van der Waals surface area contributed by atoms with Gasteiger partial charge in [0.05, 0.1) is 4.90 Å². The smallest absolute Gasteiger partial charge is 0.243 e. The summed E-state index contributed by atoms with van der Waals surface area (Å²) < 4.78 is 39.9. The molecule has 1 heterocycles. The normalized spacial score (nSPS) is 16.2. The van der Waals surface area contributed by atoms with Crippen LogP contribution < -0.4 is 4.90 Å². The predicted octanol–water partition coefficient (Wildman–Crippen LogP) is 3.26. The summed E-state index contributed by atoms with van der Waals surface area (Å²) in [6.45, 7) is 8.40. The molecule has 6 heteroatoms. The van der Waals surface area contributed by atoms with E-state index < -0.39 is 15.8 Å². The minimum atomic E-state index is -3.57. The van der Waals surface area contributed by atoms with E-state index in [9.17, 15) is 12.8 Å². The molecule has 25 heavy (non-hydrogen) atoms. The van der Waals surface area contributed by atoms with Gasteiger partial charge >= 0.3 is 0 Å². The van der Waals surface area contributed by atoms with Gasteiger partial charge in [-0.15, -0.1) is 0 Å². The summed E-state index contributed by atoms with van der Waals surface area (Å²) in [6.07, 6.45) is 0. The monoisotopic (exact) mass is 362 g/mol. The highest BCUT2D eigenvalue weighted by molar-refractivity contribution is 7.89. The first-order chi connectivity index (χ1) is 11.8. The van der Waals surface area contributed by atoms with Crippen LogP contribution in [0.1, 0.15) is 16.7 Å². The van der Waals surface area contributed by atoms with E-state index in [0.29, 0.717) is 26.2 Å². The fourth-order valence-corrected chi connectivity index (χ4v) is 5.00. The molecule has 0 N–H and O–H groups in total.